The molecule has 120 heavy (non-hydrogen) atoms. The van der Waals surface area contributed by atoms with Gasteiger partial charge in [0.05, 0.1) is 26.4 Å². The number of hydrogen-bond donors (Lipinski definition) is 1. The van der Waals surface area contributed by atoms with Gasteiger partial charge in [0.2, 0.25) is 5.95 Å². The molecule has 4 aromatic heterocycles. The molecule has 0 bridgehead atoms. The minimum absolute atomic E-state index is 0.0452. The molecule has 4 heterocycles. The maximum atomic E-state index is 13.6. The quantitative estimate of drug-likeness (QED) is 0.0271. The molecular weight excluding hydrogens is 1540 g/mol. The number of benzene rings is 8. The van der Waals surface area contributed by atoms with Crippen molar-refractivity contribution < 1.29 is 61.7 Å². The van der Waals surface area contributed by atoms with Crippen LogP contribution in [-0.2, 0) is 44.6 Å². The van der Waals surface area contributed by atoms with E-state index in [-0.39, 0.29) is 47.8 Å². The average molecular weight is 1640 g/mol. The Balaban J connectivity index is 0.000000182. The number of ether oxygens (including phenoxy) is 4. The first-order valence-electron chi connectivity index (χ1n) is 39.3. The van der Waals surface area contributed by atoms with Crippen LogP contribution in [0.2, 0.25) is 5.15 Å². The number of halogens is 2. The Morgan fingerprint density at radius 2 is 0.550 bits per heavy atom. The molecule has 0 saturated carbocycles. The van der Waals surface area contributed by atoms with E-state index >= 15 is 0 Å². The number of aromatic nitrogens is 4. The molecular formula is C97H97ClFN9O12. The summed E-state index contributed by atoms with van der Waals surface area (Å²) in [7, 11) is 6.68. The second-order valence-corrected chi connectivity index (χ2v) is 27.8. The first kappa shape index (κ1) is 90.1. The van der Waals surface area contributed by atoms with E-state index in [1.807, 2.05) is 225 Å². The van der Waals surface area contributed by atoms with Crippen LogP contribution in [0.5, 0.6) is 0 Å². The largest absolute Gasteiger partial charge is 0.449 e. The van der Waals surface area contributed by atoms with Crippen LogP contribution in [0.1, 0.15) is 123 Å². The molecule has 616 valence electrons. The van der Waals surface area contributed by atoms with E-state index in [1.54, 1.807) is 98.7 Å². The number of nitrogens with two attached hydrogens (primary N) is 1. The van der Waals surface area contributed by atoms with Crippen molar-refractivity contribution in [2.75, 3.05) is 80.0 Å². The number of carbonyl (C=O) groups excluding carboxylic acids is 8. The number of carbonyl (C=O) groups is 8. The fourth-order valence-electron chi connectivity index (χ4n) is 12.4. The minimum atomic E-state index is -0.530. The van der Waals surface area contributed by atoms with Crippen LogP contribution in [0, 0.1) is 12.9 Å². The topological polar surface area (TPSA) is 264 Å². The third-order valence-electron chi connectivity index (χ3n) is 19.5. The zero-order valence-corrected chi connectivity index (χ0v) is 69.5. The first-order valence-corrected chi connectivity index (χ1v) is 39.7. The van der Waals surface area contributed by atoms with Gasteiger partial charge in [-0.15, -0.1) is 0 Å². The molecule has 21 nitrogen and oxygen atoms in total. The highest BCUT2D eigenvalue weighted by molar-refractivity contribution is 6.30. The van der Waals surface area contributed by atoms with Gasteiger partial charge >= 0.3 is 24.4 Å². The predicted molar refractivity (Wildman–Crippen MR) is 471 cm³/mol. The molecule has 0 atom stereocenters. The lowest BCUT2D eigenvalue weighted by Crippen LogP contribution is -2.26. The van der Waals surface area contributed by atoms with Crippen LogP contribution in [0.4, 0.5) is 52.1 Å². The van der Waals surface area contributed by atoms with Crippen molar-refractivity contribution in [3.8, 4) is 44.5 Å². The van der Waals surface area contributed by atoms with Gasteiger partial charge in [-0.1, -0.05) is 181 Å². The molecule has 4 amide bonds. The monoisotopic (exact) mass is 1630 g/mol. The summed E-state index contributed by atoms with van der Waals surface area (Å²) in [6.07, 6.45) is 8.43. The molecule has 0 aliphatic rings. The number of ketones is 4. The van der Waals surface area contributed by atoms with E-state index in [0.717, 1.165) is 89.6 Å². The molecule has 0 unspecified atom stereocenters. The third kappa shape index (κ3) is 26.1. The molecule has 2 N–H and O–H groups in total. The predicted octanol–water partition coefficient (Wildman–Crippen LogP) is 21.3. The SMILES string of the molecule is CCOC(=O)N(C)c1ccc(-c2ccc(C(=O)CCc3cccnc3C)cc2)cc1.CCOC(=O)N(C)c1ccc(-c2ccc(C(=O)CCc3cccnc3Cl)cc2)cc1.CCOC(=O)N(C)c1ccc(-c2ccc(C(=O)CCc3cccnc3F)cc2)cc1.CCOC(=O)N(C)c1ccc(-c2ccc(C(=O)CCc3cccnc3N)cc2)cc1. The van der Waals surface area contributed by atoms with Crippen molar-refractivity contribution in [3.63, 3.8) is 0 Å². The Morgan fingerprint density at radius 1 is 0.317 bits per heavy atom. The molecule has 8 aromatic carbocycles. The van der Waals surface area contributed by atoms with Crippen LogP contribution in [-0.4, -0.2) is 122 Å². The van der Waals surface area contributed by atoms with E-state index in [4.69, 9.17) is 36.3 Å². The van der Waals surface area contributed by atoms with Crippen molar-refractivity contribution in [3.05, 3.63) is 329 Å². The highest BCUT2D eigenvalue weighted by Crippen LogP contribution is 2.30. The van der Waals surface area contributed by atoms with Gasteiger partial charge in [-0.2, -0.15) is 4.39 Å². The van der Waals surface area contributed by atoms with Crippen molar-refractivity contribution in [2.45, 2.75) is 86.0 Å². The fraction of sp³-hybridized carbons (Fsp3) is 0.216. The molecule has 0 spiro atoms. The summed E-state index contributed by atoms with van der Waals surface area (Å²) in [6.45, 7) is 10.4. The van der Waals surface area contributed by atoms with Gasteiger partial charge in [0.25, 0.3) is 0 Å². The Bertz CT molecular complexity index is 4740. The van der Waals surface area contributed by atoms with E-state index in [1.165, 1.54) is 25.8 Å². The molecule has 0 aliphatic carbocycles. The number of hydrogen-bond acceptors (Lipinski definition) is 17. The van der Waals surface area contributed by atoms with Gasteiger partial charge in [-0.3, -0.25) is 43.8 Å². The van der Waals surface area contributed by atoms with Crippen LogP contribution >= 0.6 is 11.6 Å². The average Bonchev–Trinajstić information content (AvgIpc) is 0.842. The molecule has 0 aliphatic heterocycles. The second-order valence-electron chi connectivity index (χ2n) is 27.4. The first-order chi connectivity index (χ1) is 58.0. The number of nitrogen functional groups attached to an aromatic ring is 1. The number of Topliss-reactive ketones (excluding diaryl/α,β-unsaturated/α-hetero) is 4. The van der Waals surface area contributed by atoms with E-state index in [9.17, 15) is 42.7 Å². The lowest BCUT2D eigenvalue weighted by molar-refractivity contribution is 0.0974. The van der Waals surface area contributed by atoms with Gasteiger partial charge in [-0.25, -0.2) is 34.1 Å². The Kier molecular flexibility index (Phi) is 34.2. The number of nitrogens with zero attached hydrogens (tertiary/aromatic N) is 8. The summed E-state index contributed by atoms with van der Waals surface area (Å²) in [5.74, 6) is 0.145. The summed E-state index contributed by atoms with van der Waals surface area (Å²) in [4.78, 5) is 119. The highest BCUT2D eigenvalue weighted by atomic mass is 35.5. The molecule has 0 saturated heterocycles. The highest BCUT2D eigenvalue weighted by Gasteiger charge is 2.19. The molecule has 12 aromatic rings. The summed E-state index contributed by atoms with van der Waals surface area (Å²) in [5, 5.41) is 0.442. The van der Waals surface area contributed by atoms with Crippen molar-refractivity contribution in [2.24, 2.45) is 0 Å². The standard InChI is InChI=1S/C25H26N2O3.C24H23ClN2O3.C24H23FN2O3.C24H25N3O3/c1-4-30-25(29)27(3)23-14-11-21(12-15-23)20-7-9-22(10-8-20)24(28)16-13-19-6-5-17-26-18(19)2;3*1-3-30-24(29)27(2)21-13-10-18(11-14-21)17-6-8-19(9-7-17)22(28)15-12-20-5-4-16-26-23(20)25/h5-12,14-15,17H,4,13,16H2,1-3H3;2*4-11,13-14,16H,3,12,15H2,1-2H3;4-11,13-14,16H,3,12,15H2,1-2H3,(H2,25,26). The summed E-state index contributed by atoms with van der Waals surface area (Å²) in [5.41, 5.74) is 23.7. The van der Waals surface area contributed by atoms with E-state index in [0.29, 0.717) is 110 Å². The normalized spacial score (nSPS) is 10.5. The number of rotatable bonds is 28. The molecule has 12 rings (SSSR count). The molecule has 0 fully saturated rings. The lowest BCUT2D eigenvalue weighted by Gasteiger charge is -2.16. The van der Waals surface area contributed by atoms with Gasteiger partial charge in [-0.05, 0) is 194 Å². The van der Waals surface area contributed by atoms with Crippen LogP contribution in [0.15, 0.2) is 267 Å². The van der Waals surface area contributed by atoms with E-state index < -0.39 is 12.0 Å². The van der Waals surface area contributed by atoms with Gasteiger partial charge in [0, 0.05) is 135 Å². The van der Waals surface area contributed by atoms with E-state index in [2.05, 4.69) is 19.9 Å². The Labute approximate surface area is 704 Å². The lowest BCUT2D eigenvalue weighted by atomic mass is 9.99. The van der Waals surface area contributed by atoms with Gasteiger partial charge in [0.15, 0.2) is 23.1 Å². The summed E-state index contributed by atoms with van der Waals surface area (Å²) in [6, 6.07) is 75.0. The third-order valence-corrected chi connectivity index (χ3v) is 19.9. The van der Waals surface area contributed by atoms with Crippen LogP contribution in [0.3, 0.4) is 0 Å². The zero-order valence-electron chi connectivity index (χ0n) is 68.7. The van der Waals surface area contributed by atoms with Crippen molar-refractivity contribution in [1.29, 1.82) is 0 Å². The van der Waals surface area contributed by atoms with Crippen LogP contribution in [0.25, 0.3) is 44.5 Å². The number of anilines is 5. The van der Waals surface area contributed by atoms with Crippen molar-refractivity contribution in [1.82, 2.24) is 19.9 Å². The second kappa shape index (κ2) is 45.6. The maximum Gasteiger partial charge on any atom is 0.413 e. The van der Waals surface area contributed by atoms with Crippen LogP contribution < -0.4 is 25.3 Å². The zero-order chi connectivity index (χ0) is 86.0. The maximum absolute atomic E-state index is 13.6. The number of aryl methyl sites for hydroxylation is 5. The summed E-state index contributed by atoms with van der Waals surface area (Å²) < 4.78 is 33.6. The molecule has 23 heteroatoms. The minimum Gasteiger partial charge on any atom is -0.449 e. The van der Waals surface area contributed by atoms with Gasteiger partial charge < -0.3 is 24.7 Å². The smallest absolute Gasteiger partial charge is 0.413 e. The Hall–Kier alpha value is -13.9. The number of amides is 4. The van der Waals surface area contributed by atoms with Crippen molar-refractivity contribution >= 4 is 87.7 Å². The fourth-order valence-corrected chi connectivity index (χ4v) is 12.6. The number of pyridine rings is 4. The van der Waals surface area contributed by atoms with Gasteiger partial charge in [0.1, 0.15) is 11.0 Å². The Morgan fingerprint density at radius 3 is 0.825 bits per heavy atom. The molecule has 0 radical (unpaired) electrons. The summed E-state index contributed by atoms with van der Waals surface area (Å²) >= 11 is 6.05.